The van der Waals surface area contributed by atoms with Gasteiger partial charge >= 0.3 is 0 Å². The van der Waals surface area contributed by atoms with Crippen molar-refractivity contribution in [2.24, 2.45) is 0 Å². The summed E-state index contributed by atoms with van der Waals surface area (Å²) in [6.07, 6.45) is 12.7. The summed E-state index contributed by atoms with van der Waals surface area (Å²) in [6, 6.07) is 12.3. The molecule has 0 aromatic heterocycles. The molecule has 0 aliphatic rings. The highest BCUT2D eigenvalue weighted by Gasteiger charge is 2.17. The number of rotatable bonds is 13. The van der Waals surface area contributed by atoms with Crippen LogP contribution in [0.1, 0.15) is 107 Å². The minimum absolute atomic E-state index is 0.314. The van der Waals surface area contributed by atoms with Crippen molar-refractivity contribution in [1.82, 2.24) is 0 Å². The van der Waals surface area contributed by atoms with Gasteiger partial charge in [0.05, 0.1) is 0 Å². The maximum absolute atomic E-state index is 10.2. The molecule has 2 heteroatoms. The molecule has 0 bridgehead atoms. The number of unbranched alkanes of at least 4 members (excludes halogenated alkanes) is 5. The second-order valence-corrected chi connectivity index (χ2v) is 8.39. The monoisotopic (exact) mass is 396 g/mol. The molecular weight excluding hydrogens is 356 g/mol. The van der Waals surface area contributed by atoms with Crippen LogP contribution < -0.4 is 0 Å². The van der Waals surface area contributed by atoms with Crippen LogP contribution >= 0.6 is 0 Å². The molecule has 0 heterocycles. The average molecular weight is 397 g/mol. The Balaban J connectivity index is 2.26. The maximum Gasteiger partial charge on any atom is 0.118 e. The Morgan fingerprint density at radius 3 is 1.59 bits per heavy atom. The lowest BCUT2D eigenvalue weighted by atomic mass is 9.84. The van der Waals surface area contributed by atoms with Gasteiger partial charge < -0.3 is 10.2 Å². The Bertz CT molecular complexity index is 680. The van der Waals surface area contributed by atoms with Crippen LogP contribution in [-0.2, 0) is 12.8 Å². The van der Waals surface area contributed by atoms with Gasteiger partial charge in [0.2, 0.25) is 0 Å². The molecule has 0 amide bonds. The highest BCUT2D eigenvalue weighted by atomic mass is 16.3. The van der Waals surface area contributed by atoms with Gasteiger partial charge in [0.25, 0.3) is 0 Å². The number of aryl methyl sites for hydroxylation is 2. The van der Waals surface area contributed by atoms with Crippen LogP contribution in [0.15, 0.2) is 36.4 Å². The van der Waals surface area contributed by atoms with Gasteiger partial charge in [0.15, 0.2) is 0 Å². The fraction of sp³-hybridized carbons (Fsp3) is 0.556. The quantitative estimate of drug-likeness (QED) is 0.338. The largest absolute Gasteiger partial charge is 0.508 e. The highest BCUT2D eigenvalue weighted by Crippen LogP contribution is 2.35. The van der Waals surface area contributed by atoms with Crippen molar-refractivity contribution in [3.05, 3.63) is 58.7 Å². The molecule has 2 N–H and O–H groups in total. The Morgan fingerprint density at radius 2 is 1.10 bits per heavy atom. The van der Waals surface area contributed by atoms with Crippen molar-refractivity contribution in [2.45, 2.75) is 97.3 Å². The Labute approximate surface area is 178 Å². The molecule has 0 saturated carbocycles. The van der Waals surface area contributed by atoms with E-state index in [2.05, 4.69) is 45.0 Å². The molecular formula is C27H40O2. The van der Waals surface area contributed by atoms with E-state index in [0.29, 0.717) is 17.4 Å². The summed E-state index contributed by atoms with van der Waals surface area (Å²) in [5.41, 5.74) is 4.66. The Morgan fingerprint density at radius 1 is 0.621 bits per heavy atom. The molecule has 0 radical (unpaired) electrons. The molecule has 0 aliphatic heterocycles. The van der Waals surface area contributed by atoms with Crippen molar-refractivity contribution in [2.75, 3.05) is 0 Å². The first-order valence-electron chi connectivity index (χ1n) is 11.7. The fourth-order valence-electron chi connectivity index (χ4n) is 4.24. The zero-order chi connectivity index (χ0) is 21.1. The van der Waals surface area contributed by atoms with Gasteiger partial charge in [-0.1, -0.05) is 96.4 Å². The summed E-state index contributed by atoms with van der Waals surface area (Å²) < 4.78 is 0. The Hall–Kier alpha value is -1.96. The van der Waals surface area contributed by atoms with Gasteiger partial charge in [-0.05, 0) is 53.6 Å². The van der Waals surface area contributed by atoms with Crippen LogP contribution in [-0.4, -0.2) is 10.2 Å². The van der Waals surface area contributed by atoms with E-state index in [1.807, 2.05) is 12.1 Å². The molecule has 2 nitrogen and oxygen atoms in total. The average Bonchev–Trinajstić information content (AvgIpc) is 2.72. The summed E-state index contributed by atoms with van der Waals surface area (Å²) in [6.45, 7) is 6.56. The van der Waals surface area contributed by atoms with E-state index in [0.717, 1.165) is 43.2 Å². The van der Waals surface area contributed by atoms with Crippen molar-refractivity contribution in [3.63, 3.8) is 0 Å². The lowest BCUT2D eigenvalue weighted by Crippen LogP contribution is -2.04. The van der Waals surface area contributed by atoms with E-state index in [1.54, 1.807) is 0 Å². The highest BCUT2D eigenvalue weighted by molar-refractivity contribution is 5.44. The SMILES string of the molecule is CCCCCCCCC(c1ccc(O)c(CCC)c1)c1ccc(O)c(CCC)c1. The fourth-order valence-corrected chi connectivity index (χ4v) is 4.24. The van der Waals surface area contributed by atoms with Crippen LogP contribution in [0.3, 0.4) is 0 Å². The lowest BCUT2D eigenvalue weighted by molar-refractivity contribution is 0.466. The molecule has 2 aromatic rings. The van der Waals surface area contributed by atoms with E-state index >= 15 is 0 Å². The van der Waals surface area contributed by atoms with Crippen molar-refractivity contribution in [1.29, 1.82) is 0 Å². The van der Waals surface area contributed by atoms with Crippen LogP contribution in [0.5, 0.6) is 11.5 Å². The van der Waals surface area contributed by atoms with E-state index < -0.39 is 0 Å². The second kappa shape index (κ2) is 12.6. The third-order valence-electron chi connectivity index (χ3n) is 5.90. The van der Waals surface area contributed by atoms with Crippen LogP contribution in [0.4, 0.5) is 0 Å². The van der Waals surface area contributed by atoms with Crippen molar-refractivity contribution < 1.29 is 10.2 Å². The van der Waals surface area contributed by atoms with E-state index in [4.69, 9.17) is 0 Å². The molecule has 29 heavy (non-hydrogen) atoms. The zero-order valence-corrected chi connectivity index (χ0v) is 18.7. The molecule has 0 atom stereocenters. The van der Waals surface area contributed by atoms with E-state index in [9.17, 15) is 10.2 Å². The topological polar surface area (TPSA) is 40.5 Å². The minimum atomic E-state index is 0.314. The maximum atomic E-state index is 10.2. The number of benzene rings is 2. The van der Waals surface area contributed by atoms with Gasteiger partial charge in [-0.15, -0.1) is 0 Å². The van der Waals surface area contributed by atoms with Crippen molar-refractivity contribution >= 4 is 0 Å². The number of phenols is 2. The standard InChI is InChI=1S/C27H40O2/c1-4-7-8-9-10-11-14-25(21-15-17-26(28)23(19-21)12-5-2)22-16-18-27(29)24(20-22)13-6-3/h15-20,25,28-29H,4-14H2,1-3H3. The summed E-state index contributed by atoms with van der Waals surface area (Å²) in [4.78, 5) is 0. The predicted molar refractivity (Wildman–Crippen MR) is 124 cm³/mol. The van der Waals surface area contributed by atoms with Crippen molar-refractivity contribution in [3.8, 4) is 11.5 Å². The number of phenolic OH excluding ortho intramolecular Hbond substituents is 2. The molecule has 0 fully saturated rings. The number of hydrogen-bond acceptors (Lipinski definition) is 2. The summed E-state index contributed by atoms with van der Waals surface area (Å²) >= 11 is 0. The van der Waals surface area contributed by atoms with E-state index in [1.165, 1.54) is 49.7 Å². The third-order valence-corrected chi connectivity index (χ3v) is 5.90. The smallest absolute Gasteiger partial charge is 0.118 e. The first kappa shape index (κ1) is 23.3. The van der Waals surface area contributed by atoms with Crippen LogP contribution in [0, 0.1) is 0 Å². The molecule has 0 saturated heterocycles. The molecule has 2 rings (SSSR count). The second-order valence-electron chi connectivity index (χ2n) is 8.39. The van der Waals surface area contributed by atoms with Crippen LogP contribution in [0.2, 0.25) is 0 Å². The summed E-state index contributed by atoms with van der Waals surface area (Å²) in [5, 5.41) is 20.5. The number of aromatic hydroxyl groups is 2. The van der Waals surface area contributed by atoms with Gasteiger partial charge in [-0.2, -0.15) is 0 Å². The minimum Gasteiger partial charge on any atom is -0.508 e. The summed E-state index contributed by atoms with van der Waals surface area (Å²) in [7, 11) is 0. The van der Waals surface area contributed by atoms with Gasteiger partial charge in [-0.25, -0.2) is 0 Å². The molecule has 0 aliphatic carbocycles. The first-order valence-corrected chi connectivity index (χ1v) is 11.7. The Kier molecular flexibility index (Phi) is 10.1. The summed E-state index contributed by atoms with van der Waals surface area (Å²) in [5.74, 6) is 1.13. The molecule has 2 aromatic carbocycles. The van der Waals surface area contributed by atoms with Gasteiger partial charge in [0, 0.05) is 5.92 Å². The van der Waals surface area contributed by atoms with Gasteiger partial charge in [0.1, 0.15) is 11.5 Å². The van der Waals surface area contributed by atoms with Gasteiger partial charge in [-0.3, -0.25) is 0 Å². The molecule has 160 valence electrons. The predicted octanol–water partition coefficient (Wildman–Crippen LogP) is 7.89. The lowest BCUT2D eigenvalue weighted by Gasteiger charge is -2.21. The third kappa shape index (κ3) is 7.10. The van der Waals surface area contributed by atoms with Crippen LogP contribution in [0.25, 0.3) is 0 Å². The molecule has 0 spiro atoms. The number of hydrogen-bond donors (Lipinski definition) is 2. The molecule has 0 unspecified atom stereocenters. The first-order chi connectivity index (χ1) is 14.1. The van der Waals surface area contributed by atoms with E-state index in [-0.39, 0.29) is 0 Å². The normalized spacial score (nSPS) is 11.3. The zero-order valence-electron chi connectivity index (χ0n) is 18.7.